The first-order valence-corrected chi connectivity index (χ1v) is 2.68. The Morgan fingerprint density at radius 2 is 1.62 bits per heavy atom. The van der Waals surface area contributed by atoms with Crippen LogP contribution in [0.15, 0.2) is 24.3 Å². The Hall–Kier alpha value is -0.690. The molecule has 1 nitrogen and oxygen atoms in total. The van der Waals surface area contributed by atoms with Crippen molar-refractivity contribution in [2.45, 2.75) is 0 Å². The zero-order valence-electron chi connectivity index (χ0n) is 4.26. The zero-order valence-corrected chi connectivity index (χ0v) is 5.02. The fourth-order valence-electron chi connectivity index (χ4n) is 0.463. The fraction of sp³-hybridized carbons (Fsp3) is 0. The third-order valence-corrected chi connectivity index (χ3v) is 1.12. The van der Waals surface area contributed by atoms with Gasteiger partial charge in [0.05, 0.1) is 0 Å². The highest BCUT2D eigenvalue weighted by Crippen LogP contribution is 2.09. The lowest BCUT2D eigenvalue weighted by Crippen LogP contribution is -1.80. The highest BCUT2D eigenvalue weighted by atomic mass is 35.5. The van der Waals surface area contributed by atoms with Gasteiger partial charge < -0.3 is 5.73 Å². The van der Waals surface area contributed by atoms with Crippen molar-refractivity contribution in [2.24, 2.45) is 0 Å². The molecule has 2 heteroatoms. The zero-order chi connectivity index (χ0) is 5.98. The smallest absolute Gasteiger partial charge is 0.0407 e. The van der Waals surface area contributed by atoms with E-state index in [9.17, 15) is 0 Å². The summed E-state index contributed by atoms with van der Waals surface area (Å²) in [6.07, 6.45) is 0. The predicted octanol–water partition coefficient (Wildman–Crippen LogP) is 1.92. The molecule has 0 fully saturated rings. The molecule has 42 valence electrons. The van der Waals surface area contributed by atoms with Crippen molar-refractivity contribution in [1.82, 2.24) is 0 Å². The lowest BCUT2D eigenvalue weighted by Gasteiger charge is -1.88. The first-order valence-electron chi connectivity index (χ1n) is 2.30. The molecule has 0 aromatic heterocycles. The van der Waals surface area contributed by atoms with Crippen molar-refractivity contribution in [3.05, 3.63) is 29.3 Å². The Balaban J connectivity index is 3.03. The molecule has 0 aliphatic rings. The van der Waals surface area contributed by atoms with E-state index in [1.807, 2.05) is 0 Å². The lowest BCUT2D eigenvalue weighted by atomic mass is 10.3. The van der Waals surface area contributed by atoms with Crippen LogP contribution >= 0.6 is 11.6 Å². The van der Waals surface area contributed by atoms with Crippen LogP contribution in [0.3, 0.4) is 0 Å². The Bertz CT molecular complexity index is 147. The maximum atomic E-state index is 5.56. The van der Waals surface area contributed by atoms with Crippen molar-refractivity contribution >= 4 is 17.3 Å². The average molecular weight is 129 g/mol. The Kier molecular flexibility index (Phi) is 1.40. The molecule has 0 heterocycles. The van der Waals surface area contributed by atoms with Gasteiger partial charge in [0.15, 0.2) is 0 Å². The van der Waals surface area contributed by atoms with Gasteiger partial charge in [0.1, 0.15) is 0 Å². The third kappa shape index (κ3) is 1.14. The molecule has 0 saturated heterocycles. The Morgan fingerprint density at radius 1 is 1.12 bits per heavy atom. The largest absolute Gasteiger partial charge is 0.399 e. The quantitative estimate of drug-likeness (QED) is 0.419. The molecule has 0 spiro atoms. The lowest BCUT2D eigenvalue weighted by molar-refractivity contribution is 1.69. The molecule has 8 heavy (non-hydrogen) atoms. The molecular weight excluding hydrogens is 123 g/mol. The van der Waals surface area contributed by atoms with E-state index in [4.69, 9.17) is 17.3 Å². The second kappa shape index (κ2) is 2.05. The van der Waals surface area contributed by atoms with E-state index in [1.165, 1.54) is 0 Å². The predicted molar refractivity (Wildman–Crippen MR) is 35.9 cm³/mol. The van der Waals surface area contributed by atoms with Crippen LogP contribution in [-0.2, 0) is 0 Å². The number of halogens is 1. The highest BCUT2D eigenvalue weighted by Gasteiger charge is 1.82. The number of anilines is 1. The van der Waals surface area contributed by atoms with E-state index in [0.29, 0.717) is 0 Å². The number of benzene rings is 1. The topological polar surface area (TPSA) is 26.0 Å². The SMILES string of the molecule is [15NH2]c1ccc(Cl)cc1. The molecule has 0 unspecified atom stereocenters. The normalized spacial score (nSPS) is 9.12. The number of nitrogen functional groups attached to an aromatic ring is 1. The summed E-state index contributed by atoms with van der Waals surface area (Å²) in [6, 6.07) is 7.05. The van der Waals surface area contributed by atoms with Crippen LogP contribution in [0.1, 0.15) is 0 Å². The van der Waals surface area contributed by atoms with Crippen LogP contribution < -0.4 is 5.73 Å². The summed E-state index contributed by atoms with van der Waals surface area (Å²) in [7, 11) is 0. The van der Waals surface area contributed by atoms with Crippen LogP contribution in [-0.4, -0.2) is 0 Å². The second-order valence-electron chi connectivity index (χ2n) is 1.55. The summed E-state index contributed by atoms with van der Waals surface area (Å²) in [5, 5.41) is 0.721. The van der Waals surface area contributed by atoms with E-state index < -0.39 is 0 Å². The number of rotatable bonds is 0. The molecule has 0 bridgehead atoms. The van der Waals surface area contributed by atoms with E-state index in [1.54, 1.807) is 24.3 Å². The summed E-state index contributed by atoms with van der Waals surface area (Å²) in [6.45, 7) is 0. The van der Waals surface area contributed by atoms with Gasteiger partial charge in [-0.25, -0.2) is 0 Å². The number of hydrogen-bond donors (Lipinski definition) is 1. The van der Waals surface area contributed by atoms with Gasteiger partial charge in [0.25, 0.3) is 0 Å². The van der Waals surface area contributed by atoms with E-state index in [-0.39, 0.29) is 0 Å². The molecule has 0 aliphatic carbocycles. The molecule has 0 atom stereocenters. The van der Waals surface area contributed by atoms with Crippen molar-refractivity contribution in [2.75, 3.05) is 5.73 Å². The minimum Gasteiger partial charge on any atom is -0.399 e. The summed E-state index contributed by atoms with van der Waals surface area (Å²) in [4.78, 5) is 0. The summed E-state index contributed by atoms with van der Waals surface area (Å²) < 4.78 is 0. The Labute approximate surface area is 53.1 Å². The Morgan fingerprint density at radius 3 is 2.00 bits per heavy atom. The van der Waals surface area contributed by atoms with Crippen LogP contribution in [0, 0.1) is 0 Å². The van der Waals surface area contributed by atoms with Crippen LogP contribution in [0.5, 0.6) is 0 Å². The molecule has 1 aromatic rings. The van der Waals surface area contributed by atoms with E-state index in [0.717, 1.165) is 10.7 Å². The summed E-state index contributed by atoms with van der Waals surface area (Å²) in [5.74, 6) is 0. The summed E-state index contributed by atoms with van der Waals surface area (Å²) >= 11 is 5.56. The van der Waals surface area contributed by atoms with Gasteiger partial charge in [-0.05, 0) is 24.3 Å². The van der Waals surface area contributed by atoms with Gasteiger partial charge in [-0.2, -0.15) is 0 Å². The van der Waals surface area contributed by atoms with Gasteiger partial charge in [-0.3, -0.25) is 0 Å². The number of nitrogens with two attached hydrogens (primary N) is 1. The fourth-order valence-corrected chi connectivity index (χ4v) is 0.589. The maximum absolute atomic E-state index is 5.56. The monoisotopic (exact) mass is 128 g/mol. The van der Waals surface area contributed by atoms with Crippen LogP contribution in [0.2, 0.25) is 5.02 Å². The van der Waals surface area contributed by atoms with Crippen LogP contribution in [0.25, 0.3) is 0 Å². The van der Waals surface area contributed by atoms with Crippen molar-refractivity contribution in [3.8, 4) is 0 Å². The van der Waals surface area contributed by atoms with Crippen molar-refractivity contribution < 1.29 is 0 Å². The molecule has 2 N–H and O–H groups in total. The van der Waals surface area contributed by atoms with Gasteiger partial charge in [0.2, 0.25) is 0 Å². The minimum atomic E-state index is 0.721. The first-order chi connectivity index (χ1) is 3.79. The van der Waals surface area contributed by atoms with Gasteiger partial charge in [0, 0.05) is 10.7 Å². The summed E-state index contributed by atoms with van der Waals surface area (Å²) in [5.41, 5.74) is 6.11. The molecule has 0 amide bonds. The standard InChI is InChI=1S/C6H6ClN/c7-5-1-3-6(8)4-2-5/h1-4H,8H2/i8+1. The van der Waals surface area contributed by atoms with Crippen molar-refractivity contribution in [3.63, 3.8) is 0 Å². The molecule has 0 radical (unpaired) electrons. The molecule has 1 aromatic carbocycles. The van der Waals surface area contributed by atoms with Crippen molar-refractivity contribution in [1.29, 1.82) is 0 Å². The van der Waals surface area contributed by atoms with E-state index >= 15 is 0 Å². The molecule has 0 saturated carbocycles. The number of hydrogen-bond acceptors (Lipinski definition) is 1. The molecule has 1 rings (SSSR count). The second-order valence-corrected chi connectivity index (χ2v) is 1.99. The van der Waals surface area contributed by atoms with Gasteiger partial charge in [-0.15, -0.1) is 0 Å². The third-order valence-electron chi connectivity index (χ3n) is 0.870. The first kappa shape index (κ1) is 5.45. The molecule has 0 aliphatic heterocycles. The van der Waals surface area contributed by atoms with Gasteiger partial charge in [-0.1, -0.05) is 11.6 Å². The minimum absolute atomic E-state index is 0.721. The van der Waals surface area contributed by atoms with Crippen LogP contribution in [0.4, 0.5) is 5.69 Å². The molecular formula is C6H6ClN. The van der Waals surface area contributed by atoms with E-state index in [2.05, 4.69) is 0 Å². The maximum Gasteiger partial charge on any atom is 0.0407 e. The average Bonchev–Trinajstić information content (AvgIpc) is 1.77. The van der Waals surface area contributed by atoms with Gasteiger partial charge >= 0.3 is 0 Å². The highest BCUT2D eigenvalue weighted by molar-refractivity contribution is 6.30.